The van der Waals surface area contributed by atoms with E-state index in [1.807, 2.05) is 9.80 Å². The largest absolute Gasteiger partial charge is 0.282 e. The van der Waals surface area contributed by atoms with Gasteiger partial charge >= 0.3 is 0 Å². The molecule has 2 heteroatoms. The van der Waals surface area contributed by atoms with Crippen LogP contribution in [0, 0.1) is 0 Å². The SMILES string of the molecule is c1ccc(C([NH+]2CCCCC2)[NH+]2CCCCC2)cc1. The summed E-state index contributed by atoms with van der Waals surface area (Å²) in [6.45, 7) is 5.51. The van der Waals surface area contributed by atoms with Crippen LogP contribution >= 0.6 is 0 Å². The van der Waals surface area contributed by atoms with Gasteiger partial charge in [0.15, 0.2) is 0 Å². The molecule has 0 amide bonds. The van der Waals surface area contributed by atoms with Crippen LogP contribution in [0.1, 0.15) is 50.3 Å². The highest BCUT2D eigenvalue weighted by Crippen LogP contribution is 2.08. The summed E-state index contributed by atoms with van der Waals surface area (Å²) < 4.78 is 0. The maximum Gasteiger partial charge on any atom is 0.240 e. The molecule has 0 radical (unpaired) electrons. The highest BCUT2D eigenvalue weighted by molar-refractivity contribution is 5.15. The van der Waals surface area contributed by atoms with Gasteiger partial charge in [-0.3, -0.25) is 9.80 Å². The van der Waals surface area contributed by atoms with Crippen molar-refractivity contribution in [3.05, 3.63) is 35.9 Å². The molecule has 2 N–H and O–H groups in total. The number of rotatable bonds is 3. The third kappa shape index (κ3) is 3.18. The Balaban J connectivity index is 1.81. The molecule has 2 nitrogen and oxygen atoms in total. The fourth-order valence-electron chi connectivity index (χ4n) is 3.99. The van der Waals surface area contributed by atoms with Gasteiger partial charge in [-0.2, -0.15) is 0 Å². The third-order valence-corrected chi connectivity index (χ3v) is 4.94. The molecule has 1 aromatic carbocycles. The minimum Gasteiger partial charge on any atom is -0.282 e. The molecule has 2 saturated heterocycles. The molecule has 1 aromatic rings. The minimum absolute atomic E-state index is 0.696. The molecule has 3 rings (SSSR count). The van der Waals surface area contributed by atoms with Crippen LogP contribution in [-0.4, -0.2) is 26.2 Å². The van der Waals surface area contributed by atoms with E-state index in [-0.39, 0.29) is 0 Å². The minimum atomic E-state index is 0.696. The zero-order valence-corrected chi connectivity index (χ0v) is 12.0. The Morgan fingerprint density at radius 1 is 0.632 bits per heavy atom. The topological polar surface area (TPSA) is 8.88 Å². The second kappa shape index (κ2) is 6.53. The second-order valence-electron chi connectivity index (χ2n) is 6.28. The van der Waals surface area contributed by atoms with Gasteiger partial charge in [-0.25, -0.2) is 0 Å². The molecule has 0 saturated carbocycles. The molecule has 2 aliphatic heterocycles. The number of nitrogens with one attached hydrogen (secondary N) is 2. The van der Waals surface area contributed by atoms with Gasteiger partial charge in [0.05, 0.1) is 31.7 Å². The number of hydrogen-bond acceptors (Lipinski definition) is 0. The summed E-state index contributed by atoms with van der Waals surface area (Å²) in [6.07, 6.45) is 9.28. The summed E-state index contributed by atoms with van der Waals surface area (Å²) in [6, 6.07) is 11.3. The Labute approximate surface area is 117 Å². The first-order chi connectivity index (χ1) is 9.45. The zero-order valence-electron chi connectivity index (χ0n) is 12.0. The number of hydrogen-bond donors (Lipinski definition) is 2. The number of benzene rings is 1. The van der Waals surface area contributed by atoms with Crippen molar-refractivity contribution in [1.29, 1.82) is 0 Å². The Bertz CT molecular complexity index is 346. The van der Waals surface area contributed by atoms with Crippen LogP contribution in [0.4, 0.5) is 0 Å². The number of quaternary nitrogens is 2. The standard InChI is InChI=1S/C17H26N2/c1-4-10-16(11-5-1)17(18-12-6-2-7-13-18)19-14-8-3-9-15-19/h1,4-5,10-11,17H,2-3,6-9,12-15H2/p+2. The van der Waals surface area contributed by atoms with Crippen molar-refractivity contribution in [2.45, 2.75) is 44.7 Å². The van der Waals surface area contributed by atoms with Gasteiger partial charge in [0.25, 0.3) is 0 Å². The Morgan fingerprint density at radius 3 is 1.58 bits per heavy atom. The fraction of sp³-hybridized carbons (Fsp3) is 0.647. The van der Waals surface area contributed by atoms with Gasteiger partial charge in [-0.15, -0.1) is 0 Å². The average molecular weight is 260 g/mol. The lowest BCUT2D eigenvalue weighted by atomic mass is 10.0. The van der Waals surface area contributed by atoms with Crippen LogP contribution in [0.5, 0.6) is 0 Å². The van der Waals surface area contributed by atoms with Crippen molar-refractivity contribution in [3.8, 4) is 0 Å². The molecule has 0 aromatic heterocycles. The molecular formula is C17H28N2+2. The maximum atomic E-state index is 2.36. The molecule has 19 heavy (non-hydrogen) atoms. The van der Waals surface area contributed by atoms with Crippen LogP contribution in [0.3, 0.4) is 0 Å². The van der Waals surface area contributed by atoms with Gasteiger partial charge in [0, 0.05) is 0 Å². The van der Waals surface area contributed by atoms with E-state index in [0.717, 1.165) is 0 Å². The monoisotopic (exact) mass is 260 g/mol. The molecule has 2 fully saturated rings. The van der Waals surface area contributed by atoms with E-state index in [0.29, 0.717) is 6.17 Å². The lowest BCUT2D eigenvalue weighted by Crippen LogP contribution is -3.32. The van der Waals surface area contributed by atoms with Gasteiger partial charge in [0.2, 0.25) is 6.17 Å². The Hall–Kier alpha value is -0.860. The maximum absolute atomic E-state index is 2.36. The lowest BCUT2D eigenvalue weighted by Gasteiger charge is -2.37. The van der Waals surface area contributed by atoms with Crippen LogP contribution in [0.15, 0.2) is 30.3 Å². The normalized spacial score (nSPS) is 22.8. The Morgan fingerprint density at radius 2 is 1.11 bits per heavy atom. The quantitative estimate of drug-likeness (QED) is 0.796. The van der Waals surface area contributed by atoms with E-state index in [1.165, 1.54) is 64.7 Å². The average Bonchev–Trinajstić information content (AvgIpc) is 2.51. The van der Waals surface area contributed by atoms with Gasteiger partial charge in [-0.1, -0.05) is 18.2 Å². The van der Waals surface area contributed by atoms with Crippen LogP contribution in [-0.2, 0) is 0 Å². The molecular weight excluding hydrogens is 232 g/mol. The summed E-state index contributed by atoms with van der Waals surface area (Å²) in [5, 5.41) is 0. The molecule has 0 bridgehead atoms. The highest BCUT2D eigenvalue weighted by atomic mass is 15.4. The van der Waals surface area contributed by atoms with E-state index in [4.69, 9.17) is 0 Å². The first-order valence-corrected chi connectivity index (χ1v) is 8.19. The summed E-state index contributed by atoms with van der Waals surface area (Å²) in [5.41, 5.74) is 1.57. The summed E-state index contributed by atoms with van der Waals surface area (Å²) in [7, 11) is 0. The van der Waals surface area contributed by atoms with E-state index in [2.05, 4.69) is 30.3 Å². The van der Waals surface area contributed by atoms with Crippen molar-refractivity contribution in [2.24, 2.45) is 0 Å². The van der Waals surface area contributed by atoms with Crippen LogP contribution in [0.2, 0.25) is 0 Å². The zero-order chi connectivity index (χ0) is 12.9. The number of piperidine rings is 2. The summed E-state index contributed by atoms with van der Waals surface area (Å²) in [4.78, 5) is 3.68. The van der Waals surface area contributed by atoms with Crippen LogP contribution < -0.4 is 9.80 Å². The van der Waals surface area contributed by atoms with Crippen molar-refractivity contribution in [2.75, 3.05) is 26.2 Å². The van der Waals surface area contributed by atoms with Crippen molar-refractivity contribution >= 4 is 0 Å². The molecule has 0 spiro atoms. The van der Waals surface area contributed by atoms with Crippen molar-refractivity contribution in [1.82, 2.24) is 0 Å². The van der Waals surface area contributed by atoms with Crippen LogP contribution in [0.25, 0.3) is 0 Å². The van der Waals surface area contributed by atoms with Gasteiger partial charge in [0.1, 0.15) is 0 Å². The fourth-order valence-corrected chi connectivity index (χ4v) is 3.99. The van der Waals surface area contributed by atoms with E-state index < -0.39 is 0 Å². The molecule has 0 atom stereocenters. The lowest BCUT2D eigenvalue weighted by molar-refractivity contribution is -1.13. The third-order valence-electron chi connectivity index (χ3n) is 4.94. The second-order valence-corrected chi connectivity index (χ2v) is 6.28. The predicted molar refractivity (Wildman–Crippen MR) is 78.3 cm³/mol. The molecule has 104 valence electrons. The van der Waals surface area contributed by atoms with E-state index in [9.17, 15) is 0 Å². The van der Waals surface area contributed by atoms with Crippen molar-refractivity contribution < 1.29 is 9.80 Å². The Kier molecular flexibility index (Phi) is 4.52. The number of likely N-dealkylation sites (tertiary alicyclic amines) is 2. The first-order valence-electron chi connectivity index (χ1n) is 8.19. The van der Waals surface area contributed by atoms with Gasteiger partial charge in [-0.05, 0) is 50.7 Å². The summed E-state index contributed by atoms with van der Waals surface area (Å²) in [5.74, 6) is 0. The molecule has 2 heterocycles. The molecule has 0 unspecified atom stereocenters. The van der Waals surface area contributed by atoms with Gasteiger partial charge < -0.3 is 0 Å². The highest BCUT2D eigenvalue weighted by Gasteiger charge is 2.35. The smallest absolute Gasteiger partial charge is 0.240 e. The van der Waals surface area contributed by atoms with E-state index in [1.54, 1.807) is 5.56 Å². The predicted octanol–water partition coefficient (Wildman–Crippen LogP) is 0.823. The first kappa shape index (κ1) is 13.1. The summed E-state index contributed by atoms with van der Waals surface area (Å²) >= 11 is 0. The van der Waals surface area contributed by atoms with E-state index >= 15 is 0 Å². The molecule has 0 aliphatic carbocycles. The molecule has 2 aliphatic rings. The van der Waals surface area contributed by atoms with Crippen molar-refractivity contribution in [3.63, 3.8) is 0 Å².